The number of nitrogen functional groups attached to an aromatic ring is 1. The smallest absolute Gasteiger partial charge is 0.252 e. The molecule has 5 nitrogen and oxygen atoms in total. The Morgan fingerprint density at radius 1 is 1.16 bits per heavy atom. The highest BCUT2D eigenvalue weighted by Crippen LogP contribution is 2.12. The molecule has 0 aliphatic rings. The number of benzene rings is 1. The van der Waals surface area contributed by atoms with E-state index in [0.717, 1.165) is 5.56 Å². The van der Waals surface area contributed by atoms with Crippen LogP contribution in [0.3, 0.4) is 0 Å². The molecule has 0 saturated carbocycles. The Morgan fingerprint density at radius 2 is 1.79 bits per heavy atom. The first-order chi connectivity index (χ1) is 8.81. The molecule has 0 heterocycles. The molecular formula is C14H21N3O2. The van der Waals surface area contributed by atoms with Gasteiger partial charge >= 0.3 is 0 Å². The molecule has 0 spiro atoms. The number of rotatable bonds is 4. The SMILES string of the molecule is Cc1ccc(N)cc1C(=O)NC(C)C(=O)NC(C)C. The summed E-state index contributed by atoms with van der Waals surface area (Å²) >= 11 is 0. The Morgan fingerprint density at radius 3 is 2.37 bits per heavy atom. The predicted octanol–water partition coefficient (Wildman–Crippen LogP) is 1.22. The van der Waals surface area contributed by atoms with Crippen molar-refractivity contribution in [2.24, 2.45) is 0 Å². The summed E-state index contributed by atoms with van der Waals surface area (Å²) in [5, 5.41) is 5.41. The minimum Gasteiger partial charge on any atom is -0.399 e. The van der Waals surface area contributed by atoms with E-state index in [0.29, 0.717) is 11.3 Å². The van der Waals surface area contributed by atoms with Gasteiger partial charge in [-0.25, -0.2) is 0 Å². The van der Waals surface area contributed by atoms with Crippen molar-refractivity contribution in [3.8, 4) is 0 Å². The van der Waals surface area contributed by atoms with E-state index in [4.69, 9.17) is 5.73 Å². The fourth-order valence-corrected chi connectivity index (χ4v) is 1.63. The maximum atomic E-state index is 12.1. The van der Waals surface area contributed by atoms with Gasteiger partial charge in [0.25, 0.3) is 5.91 Å². The second kappa shape index (κ2) is 6.22. The number of aryl methyl sites for hydroxylation is 1. The molecule has 0 aliphatic carbocycles. The van der Waals surface area contributed by atoms with Crippen molar-refractivity contribution in [3.63, 3.8) is 0 Å². The van der Waals surface area contributed by atoms with Gasteiger partial charge in [0.15, 0.2) is 0 Å². The molecule has 0 bridgehead atoms. The van der Waals surface area contributed by atoms with Crippen molar-refractivity contribution in [1.82, 2.24) is 10.6 Å². The minimum atomic E-state index is -0.587. The van der Waals surface area contributed by atoms with E-state index in [9.17, 15) is 9.59 Å². The Balaban J connectivity index is 2.74. The number of nitrogens with one attached hydrogen (secondary N) is 2. The molecule has 1 atom stereocenters. The summed E-state index contributed by atoms with van der Waals surface area (Å²) in [6.07, 6.45) is 0. The summed E-state index contributed by atoms with van der Waals surface area (Å²) in [5.74, 6) is -0.499. The van der Waals surface area contributed by atoms with Crippen LogP contribution >= 0.6 is 0 Å². The van der Waals surface area contributed by atoms with Crippen LogP contribution in [0, 0.1) is 6.92 Å². The van der Waals surface area contributed by atoms with Crippen LogP contribution in [-0.2, 0) is 4.79 Å². The van der Waals surface area contributed by atoms with Crippen molar-refractivity contribution >= 4 is 17.5 Å². The second-order valence-electron chi connectivity index (χ2n) is 4.93. The van der Waals surface area contributed by atoms with E-state index < -0.39 is 6.04 Å². The van der Waals surface area contributed by atoms with Gasteiger partial charge in [-0.15, -0.1) is 0 Å². The number of hydrogen-bond donors (Lipinski definition) is 3. The highest BCUT2D eigenvalue weighted by atomic mass is 16.2. The van der Waals surface area contributed by atoms with Gasteiger partial charge in [0.1, 0.15) is 6.04 Å². The van der Waals surface area contributed by atoms with Crippen LogP contribution in [0.4, 0.5) is 5.69 Å². The molecule has 1 unspecified atom stereocenters. The van der Waals surface area contributed by atoms with Gasteiger partial charge in [-0.05, 0) is 45.4 Å². The molecule has 0 aromatic heterocycles. The van der Waals surface area contributed by atoms with Crippen molar-refractivity contribution in [2.75, 3.05) is 5.73 Å². The molecule has 19 heavy (non-hydrogen) atoms. The van der Waals surface area contributed by atoms with Gasteiger partial charge in [-0.2, -0.15) is 0 Å². The third-order valence-electron chi connectivity index (χ3n) is 2.68. The fourth-order valence-electron chi connectivity index (χ4n) is 1.63. The van der Waals surface area contributed by atoms with Gasteiger partial charge < -0.3 is 16.4 Å². The molecule has 1 aromatic carbocycles. The topological polar surface area (TPSA) is 84.2 Å². The Kier molecular flexibility index (Phi) is 4.92. The summed E-state index contributed by atoms with van der Waals surface area (Å²) in [7, 11) is 0. The van der Waals surface area contributed by atoms with Crippen LogP contribution in [0.15, 0.2) is 18.2 Å². The molecule has 0 aliphatic heterocycles. The Bertz CT molecular complexity index is 484. The van der Waals surface area contributed by atoms with Crippen LogP contribution in [-0.4, -0.2) is 23.9 Å². The van der Waals surface area contributed by atoms with Gasteiger partial charge in [0, 0.05) is 17.3 Å². The molecule has 4 N–H and O–H groups in total. The quantitative estimate of drug-likeness (QED) is 0.714. The minimum absolute atomic E-state index is 0.0426. The van der Waals surface area contributed by atoms with Gasteiger partial charge in [-0.3, -0.25) is 9.59 Å². The lowest BCUT2D eigenvalue weighted by molar-refractivity contribution is -0.123. The van der Waals surface area contributed by atoms with E-state index in [-0.39, 0.29) is 17.9 Å². The molecule has 0 radical (unpaired) electrons. The number of amides is 2. The molecule has 104 valence electrons. The first-order valence-electron chi connectivity index (χ1n) is 6.28. The highest BCUT2D eigenvalue weighted by Gasteiger charge is 2.18. The molecular weight excluding hydrogens is 242 g/mol. The van der Waals surface area contributed by atoms with Gasteiger partial charge in [-0.1, -0.05) is 6.07 Å². The second-order valence-corrected chi connectivity index (χ2v) is 4.93. The summed E-state index contributed by atoms with van der Waals surface area (Å²) in [4.78, 5) is 23.8. The Hall–Kier alpha value is -2.04. The maximum Gasteiger partial charge on any atom is 0.252 e. The number of carbonyl (C=O) groups is 2. The van der Waals surface area contributed by atoms with Crippen LogP contribution in [0.25, 0.3) is 0 Å². The van der Waals surface area contributed by atoms with Crippen molar-refractivity contribution in [2.45, 2.75) is 39.8 Å². The fraction of sp³-hybridized carbons (Fsp3) is 0.429. The Labute approximate surface area is 113 Å². The van der Waals surface area contributed by atoms with E-state index in [1.54, 1.807) is 25.1 Å². The van der Waals surface area contributed by atoms with Crippen molar-refractivity contribution < 1.29 is 9.59 Å². The zero-order valence-corrected chi connectivity index (χ0v) is 11.8. The lowest BCUT2D eigenvalue weighted by Gasteiger charge is -2.16. The largest absolute Gasteiger partial charge is 0.399 e. The van der Waals surface area contributed by atoms with E-state index in [1.807, 2.05) is 20.8 Å². The number of nitrogens with two attached hydrogens (primary N) is 1. The first-order valence-corrected chi connectivity index (χ1v) is 6.28. The zero-order chi connectivity index (χ0) is 14.6. The van der Waals surface area contributed by atoms with E-state index >= 15 is 0 Å². The van der Waals surface area contributed by atoms with Crippen LogP contribution in [0.2, 0.25) is 0 Å². The third-order valence-corrected chi connectivity index (χ3v) is 2.68. The molecule has 0 saturated heterocycles. The summed E-state index contributed by atoms with van der Waals surface area (Å²) in [6.45, 7) is 7.22. The summed E-state index contributed by atoms with van der Waals surface area (Å²) in [5.41, 5.74) is 7.50. The average molecular weight is 263 g/mol. The van der Waals surface area contributed by atoms with Gasteiger partial charge in [0.2, 0.25) is 5.91 Å². The summed E-state index contributed by atoms with van der Waals surface area (Å²) < 4.78 is 0. The zero-order valence-electron chi connectivity index (χ0n) is 11.8. The monoisotopic (exact) mass is 263 g/mol. The predicted molar refractivity (Wildman–Crippen MR) is 75.8 cm³/mol. The van der Waals surface area contributed by atoms with E-state index in [2.05, 4.69) is 10.6 Å². The highest BCUT2D eigenvalue weighted by molar-refractivity contribution is 5.99. The summed E-state index contributed by atoms with van der Waals surface area (Å²) in [6, 6.07) is 4.58. The number of hydrogen-bond acceptors (Lipinski definition) is 3. The lowest BCUT2D eigenvalue weighted by Crippen LogP contribution is -2.46. The standard InChI is InChI=1S/C14H21N3O2/c1-8(2)16-13(18)10(4)17-14(19)12-7-11(15)6-5-9(12)3/h5-8,10H,15H2,1-4H3,(H,16,18)(H,17,19). The van der Waals surface area contributed by atoms with E-state index in [1.165, 1.54) is 0 Å². The molecule has 5 heteroatoms. The molecule has 0 fully saturated rings. The normalized spacial score (nSPS) is 12.1. The molecule has 1 aromatic rings. The van der Waals surface area contributed by atoms with Crippen LogP contribution in [0.5, 0.6) is 0 Å². The van der Waals surface area contributed by atoms with Gasteiger partial charge in [0.05, 0.1) is 0 Å². The van der Waals surface area contributed by atoms with Crippen LogP contribution < -0.4 is 16.4 Å². The maximum absolute atomic E-state index is 12.1. The lowest BCUT2D eigenvalue weighted by atomic mass is 10.1. The number of anilines is 1. The first kappa shape index (κ1) is 15.0. The molecule has 2 amide bonds. The number of carbonyl (C=O) groups excluding carboxylic acids is 2. The average Bonchev–Trinajstić information content (AvgIpc) is 2.31. The van der Waals surface area contributed by atoms with Crippen molar-refractivity contribution in [1.29, 1.82) is 0 Å². The third kappa shape index (κ3) is 4.28. The van der Waals surface area contributed by atoms with Crippen LogP contribution in [0.1, 0.15) is 36.7 Å². The van der Waals surface area contributed by atoms with Crippen molar-refractivity contribution in [3.05, 3.63) is 29.3 Å². The molecule has 1 rings (SSSR count).